The van der Waals surface area contributed by atoms with Crippen LogP contribution in [0.2, 0.25) is 5.02 Å². The van der Waals surface area contributed by atoms with Crippen molar-refractivity contribution in [3.8, 4) is 0 Å². The lowest BCUT2D eigenvalue weighted by Gasteiger charge is -2.19. The van der Waals surface area contributed by atoms with Crippen molar-refractivity contribution in [1.29, 1.82) is 0 Å². The van der Waals surface area contributed by atoms with Crippen molar-refractivity contribution in [2.45, 2.75) is 30.1 Å². The number of anilines is 1. The summed E-state index contributed by atoms with van der Waals surface area (Å²) in [6, 6.07) is 29.5. The van der Waals surface area contributed by atoms with Gasteiger partial charge >= 0.3 is 0 Å². The summed E-state index contributed by atoms with van der Waals surface area (Å²) in [4.78, 5) is 4.87. The average molecular weight is 622 g/mol. The van der Waals surface area contributed by atoms with E-state index in [2.05, 4.69) is 77.2 Å². The second kappa shape index (κ2) is 10.3. The molecule has 1 unspecified atom stereocenters. The van der Waals surface area contributed by atoms with Gasteiger partial charge in [-0.2, -0.15) is 0 Å². The zero-order valence-electron chi connectivity index (χ0n) is 23.2. The molecule has 1 aliphatic heterocycles. The second-order valence-corrected chi connectivity index (χ2v) is 14.6. The Morgan fingerprint density at radius 1 is 0.930 bits per heavy atom. The molecule has 0 bridgehead atoms. The molecule has 0 saturated heterocycles. The van der Waals surface area contributed by atoms with Crippen molar-refractivity contribution < 1.29 is 8.42 Å². The number of nitrogens with one attached hydrogen (secondary N) is 2. The second-order valence-electron chi connectivity index (χ2n) is 11.2. The molecule has 5 nitrogen and oxygen atoms in total. The molecule has 0 radical (unpaired) electrons. The molecule has 7 aromatic rings. The Hall–Kier alpha value is -4.04. The largest absolute Gasteiger partial charge is 0.384 e. The van der Waals surface area contributed by atoms with Gasteiger partial charge in [0.15, 0.2) is 0 Å². The van der Waals surface area contributed by atoms with Crippen molar-refractivity contribution in [2.24, 2.45) is 0 Å². The molecule has 0 fully saturated rings. The van der Waals surface area contributed by atoms with Gasteiger partial charge in [0.25, 0.3) is 10.0 Å². The number of aromatic nitrogens is 2. The van der Waals surface area contributed by atoms with Crippen molar-refractivity contribution in [3.63, 3.8) is 0 Å². The Morgan fingerprint density at radius 3 is 2.60 bits per heavy atom. The molecule has 0 saturated carbocycles. The smallest absolute Gasteiger partial charge is 0.268 e. The minimum absolute atomic E-state index is 0.180. The number of hydrogen-bond acceptors (Lipinski definition) is 4. The van der Waals surface area contributed by atoms with Gasteiger partial charge < -0.3 is 10.3 Å². The van der Waals surface area contributed by atoms with Crippen LogP contribution in [0.4, 0.5) is 5.69 Å². The number of thiophene rings is 1. The summed E-state index contributed by atoms with van der Waals surface area (Å²) in [6.45, 7) is 0.822. The summed E-state index contributed by atoms with van der Waals surface area (Å²) in [7, 11) is -3.87. The molecule has 4 aromatic carbocycles. The summed E-state index contributed by atoms with van der Waals surface area (Å²) in [6.07, 6.45) is 6.61. The van der Waals surface area contributed by atoms with Crippen LogP contribution in [-0.2, 0) is 16.4 Å². The van der Waals surface area contributed by atoms with Crippen LogP contribution >= 0.6 is 22.9 Å². The molecule has 0 spiro atoms. The fraction of sp³-hybridized carbons (Fsp3) is 0.143. The molecular weight excluding hydrogens is 594 g/mol. The first-order chi connectivity index (χ1) is 21.0. The highest BCUT2D eigenvalue weighted by Crippen LogP contribution is 2.45. The molecular formula is C35H28ClN3O2S2. The first-order valence-corrected chi connectivity index (χ1v) is 17.1. The van der Waals surface area contributed by atoms with E-state index in [4.69, 9.17) is 11.6 Å². The predicted octanol–water partition coefficient (Wildman–Crippen LogP) is 9.16. The van der Waals surface area contributed by atoms with Crippen LogP contribution in [0.3, 0.4) is 0 Å². The van der Waals surface area contributed by atoms with E-state index in [1.807, 2.05) is 12.3 Å². The van der Waals surface area contributed by atoms with Gasteiger partial charge in [-0.3, -0.25) is 0 Å². The van der Waals surface area contributed by atoms with Crippen LogP contribution in [-0.4, -0.2) is 23.9 Å². The van der Waals surface area contributed by atoms with E-state index in [9.17, 15) is 8.42 Å². The van der Waals surface area contributed by atoms with Gasteiger partial charge in [-0.05, 0) is 83.4 Å². The maximum Gasteiger partial charge on any atom is 0.268 e. The topological polar surface area (TPSA) is 66.9 Å². The maximum absolute atomic E-state index is 14.1. The molecule has 0 aliphatic carbocycles. The highest BCUT2D eigenvalue weighted by Gasteiger charge is 2.29. The van der Waals surface area contributed by atoms with Crippen LogP contribution in [0, 0.1) is 0 Å². The fourth-order valence-electron chi connectivity index (χ4n) is 6.62. The lowest BCUT2D eigenvalue weighted by atomic mass is 9.86. The van der Waals surface area contributed by atoms with Crippen LogP contribution in [0.25, 0.3) is 31.9 Å². The summed E-state index contributed by atoms with van der Waals surface area (Å²) >= 11 is 7.87. The summed E-state index contributed by atoms with van der Waals surface area (Å²) < 4.78 is 30.9. The Bertz CT molecular complexity index is 2230. The van der Waals surface area contributed by atoms with E-state index < -0.39 is 10.0 Å². The van der Waals surface area contributed by atoms with Crippen LogP contribution in [0.15, 0.2) is 108 Å². The van der Waals surface area contributed by atoms with E-state index in [1.54, 1.807) is 35.6 Å². The number of aromatic amines is 1. The van der Waals surface area contributed by atoms with E-state index >= 15 is 0 Å². The molecule has 8 heteroatoms. The third-order valence-corrected chi connectivity index (χ3v) is 11.7. The number of fused-ring (bicyclic) bond motifs is 5. The number of H-pyrrole nitrogens is 1. The fourth-order valence-corrected chi connectivity index (χ4v) is 9.22. The molecule has 4 heterocycles. The minimum atomic E-state index is -3.87. The van der Waals surface area contributed by atoms with Gasteiger partial charge in [0.05, 0.1) is 10.4 Å². The number of benzene rings is 4. The first-order valence-electron chi connectivity index (χ1n) is 14.4. The lowest BCUT2D eigenvalue weighted by Crippen LogP contribution is -2.12. The van der Waals surface area contributed by atoms with Gasteiger partial charge in [0.1, 0.15) is 0 Å². The van der Waals surface area contributed by atoms with E-state index in [0.717, 1.165) is 41.5 Å². The predicted molar refractivity (Wildman–Crippen MR) is 178 cm³/mol. The number of para-hydroxylation sites is 1. The zero-order valence-corrected chi connectivity index (χ0v) is 25.6. The normalized spacial score (nSPS) is 15.5. The van der Waals surface area contributed by atoms with Gasteiger partial charge in [0.2, 0.25) is 0 Å². The Balaban J connectivity index is 1.35. The molecule has 43 heavy (non-hydrogen) atoms. The van der Waals surface area contributed by atoms with Crippen LogP contribution in [0.5, 0.6) is 0 Å². The first kappa shape index (κ1) is 26.6. The quantitative estimate of drug-likeness (QED) is 0.201. The maximum atomic E-state index is 14.1. The summed E-state index contributed by atoms with van der Waals surface area (Å²) in [5.74, 6) is 0.180. The van der Waals surface area contributed by atoms with Gasteiger partial charge in [-0.15, -0.1) is 11.3 Å². The summed E-state index contributed by atoms with van der Waals surface area (Å²) in [5.41, 5.74) is 6.31. The van der Waals surface area contributed by atoms with E-state index in [0.29, 0.717) is 17.0 Å². The highest BCUT2D eigenvalue weighted by molar-refractivity contribution is 7.90. The van der Waals surface area contributed by atoms with Gasteiger partial charge in [-0.25, -0.2) is 12.4 Å². The van der Waals surface area contributed by atoms with Gasteiger partial charge in [-0.1, -0.05) is 54.1 Å². The molecule has 1 aliphatic rings. The minimum Gasteiger partial charge on any atom is -0.384 e. The van der Waals surface area contributed by atoms with Gasteiger partial charge in [0, 0.05) is 67.9 Å². The molecule has 8 rings (SSSR count). The summed E-state index contributed by atoms with van der Waals surface area (Å²) in [5, 5.41) is 7.65. The molecule has 214 valence electrons. The number of rotatable bonds is 5. The molecule has 0 amide bonds. The third kappa shape index (κ3) is 4.46. The zero-order chi connectivity index (χ0) is 29.1. The Labute approximate surface area is 258 Å². The van der Waals surface area contributed by atoms with Crippen molar-refractivity contribution in [2.75, 3.05) is 11.9 Å². The molecule has 3 aromatic heterocycles. The average Bonchev–Trinajstić information content (AvgIpc) is 3.69. The lowest BCUT2D eigenvalue weighted by molar-refractivity contribution is 0.589. The molecule has 2 N–H and O–H groups in total. The highest BCUT2D eigenvalue weighted by atomic mass is 35.5. The van der Waals surface area contributed by atoms with E-state index in [-0.39, 0.29) is 10.8 Å². The van der Waals surface area contributed by atoms with E-state index in [1.165, 1.54) is 35.4 Å². The Morgan fingerprint density at radius 2 is 1.74 bits per heavy atom. The SMILES string of the molecule is O=S(=O)(c1ccc(Cl)cc1)n1cc(Cc2cc3ccccc3s2)c2c3c(ccc21)C(c1c[nH]c2ccccc12)CCCN3. The van der Waals surface area contributed by atoms with Crippen LogP contribution < -0.4 is 5.32 Å². The third-order valence-electron chi connectivity index (χ3n) is 8.60. The number of halogens is 1. The number of nitrogens with zero attached hydrogens (tertiary/aromatic N) is 1. The Kier molecular flexibility index (Phi) is 6.37. The standard InChI is InChI=1S/C35H28ClN3O2S2/c36-24-11-13-26(14-12-24)43(40,41)39-21-23(19-25-18-22-6-1-4-10-33(22)42-25)34-32(39)16-15-29-27(8-5-17-37-35(29)34)30-20-38-31-9-3-2-7-28(30)31/h1-4,6-7,9-16,18,20-21,27,37-38H,5,8,17,19H2. The van der Waals surface area contributed by atoms with Crippen LogP contribution in [0.1, 0.15) is 40.3 Å². The van der Waals surface area contributed by atoms with Crippen molar-refractivity contribution >= 4 is 70.5 Å². The molecule has 1 atom stereocenters. The van der Waals surface area contributed by atoms with Crippen molar-refractivity contribution in [1.82, 2.24) is 8.96 Å². The monoisotopic (exact) mass is 621 g/mol. The van der Waals surface area contributed by atoms with Crippen molar-refractivity contribution in [3.05, 3.63) is 130 Å². The number of hydrogen-bond donors (Lipinski definition) is 2.